The molecule has 0 fully saturated rings. The van der Waals surface area contributed by atoms with Crippen molar-refractivity contribution >= 4 is 33.4 Å². The van der Waals surface area contributed by atoms with E-state index in [1.165, 1.54) is 0 Å². The second-order valence-corrected chi connectivity index (χ2v) is 5.51. The number of nitrogens with one attached hydrogen (secondary N) is 1. The molecule has 100 valence electrons. The summed E-state index contributed by atoms with van der Waals surface area (Å²) in [5, 5.41) is 3.30. The van der Waals surface area contributed by atoms with Crippen LogP contribution >= 0.6 is 27.5 Å². The molecule has 0 spiro atoms. The Morgan fingerprint density at radius 1 is 1.47 bits per heavy atom. The van der Waals surface area contributed by atoms with Crippen LogP contribution in [-0.4, -0.2) is 10.9 Å². The zero-order valence-electron chi connectivity index (χ0n) is 10.4. The van der Waals surface area contributed by atoms with Gasteiger partial charge in [-0.25, -0.2) is 4.98 Å². The Kier molecular flexibility index (Phi) is 4.27. The molecular formula is C13H12BrClN2O2. The number of aromatic nitrogens is 1. The van der Waals surface area contributed by atoms with Gasteiger partial charge in [0.05, 0.1) is 6.20 Å². The summed E-state index contributed by atoms with van der Waals surface area (Å²) in [7, 11) is 0. The van der Waals surface area contributed by atoms with Crippen LogP contribution in [-0.2, 0) is 0 Å². The summed E-state index contributed by atoms with van der Waals surface area (Å²) in [6.07, 6.45) is 1.62. The van der Waals surface area contributed by atoms with Gasteiger partial charge in [-0.1, -0.05) is 27.5 Å². The van der Waals surface area contributed by atoms with Gasteiger partial charge in [-0.15, -0.1) is 0 Å². The topological polar surface area (TPSA) is 55.1 Å². The third-order valence-electron chi connectivity index (χ3n) is 2.48. The van der Waals surface area contributed by atoms with Crippen LogP contribution in [0.1, 0.15) is 35.0 Å². The van der Waals surface area contributed by atoms with Crippen molar-refractivity contribution in [2.24, 2.45) is 0 Å². The number of carbonyl (C=O) groups is 1. The zero-order chi connectivity index (χ0) is 14.0. The maximum atomic E-state index is 12.1. The maximum absolute atomic E-state index is 12.1. The first-order valence-electron chi connectivity index (χ1n) is 5.65. The number of oxazole rings is 1. The van der Waals surface area contributed by atoms with Gasteiger partial charge in [-0.2, -0.15) is 0 Å². The molecule has 1 N–H and O–H groups in total. The van der Waals surface area contributed by atoms with E-state index in [9.17, 15) is 4.79 Å². The smallest absolute Gasteiger partial charge is 0.252 e. The Balaban J connectivity index is 2.12. The van der Waals surface area contributed by atoms with E-state index in [4.69, 9.17) is 16.0 Å². The summed E-state index contributed by atoms with van der Waals surface area (Å²) in [6.45, 7) is 3.61. The van der Waals surface area contributed by atoms with Crippen molar-refractivity contribution in [3.05, 3.63) is 51.1 Å². The Morgan fingerprint density at radius 3 is 2.79 bits per heavy atom. The quantitative estimate of drug-likeness (QED) is 0.920. The first-order chi connectivity index (χ1) is 8.95. The highest BCUT2D eigenvalue weighted by molar-refractivity contribution is 9.10. The molecule has 1 heterocycles. The highest BCUT2D eigenvalue weighted by Gasteiger charge is 2.16. The van der Waals surface area contributed by atoms with E-state index in [0.717, 1.165) is 4.47 Å². The molecule has 0 aliphatic rings. The fourth-order valence-corrected chi connectivity index (χ4v) is 2.46. The lowest BCUT2D eigenvalue weighted by Crippen LogP contribution is -2.26. The molecule has 19 heavy (non-hydrogen) atoms. The third kappa shape index (κ3) is 3.58. The molecule has 0 aliphatic carbocycles. The predicted molar refractivity (Wildman–Crippen MR) is 76.3 cm³/mol. The average Bonchev–Trinajstić information content (AvgIpc) is 2.74. The largest absolute Gasteiger partial charge is 0.444 e. The van der Waals surface area contributed by atoms with Gasteiger partial charge in [0.15, 0.2) is 0 Å². The van der Waals surface area contributed by atoms with Gasteiger partial charge in [0.1, 0.15) is 11.8 Å². The normalized spacial score (nSPS) is 12.2. The van der Waals surface area contributed by atoms with Crippen molar-refractivity contribution in [2.45, 2.75) is 19.9 Å². The Bertz CT molecular complexity index is 592. The van der Waals surface area contributed by atoms with E-state index in [1.54, 1.807) is 31.3 Å². The number of amides is 1. The van der Waals surface area contributed by atoms with Crippen LogP contribution in [0.15, 0.2) is 33.3 Å². The van der Waals surface area contributed by atoms with Gasteiger partial charge < -0.3 is 9.73 Å². The first-order valence-corrected chi connectivity index (χ1v) is 6.82. The van der Waals surface area contributed by atoms with Crippen LogP contribution in [0, 0.1) is 6.92 Å². The standard InChI is InChI=1S/C13H12BrClN2O2/c1-7-6-16-13(19-7)8(2)17-12(18)9-3-10(14)5-11(15)4-9/h3-6,8H,1-2H3,(H,17,18). The predicted octanol–water partition coefficient (Wildman–Crippen LogP) is 3.89. The molecule has 2 aromatic rings. The highest BCUT2D eigenvalue weighted by Crippen LogP contribution is 2.20. The van der Waals surface area contributed by atoms with Crippen molar-refractivity contribution in [1.29, 1.82) is 0 Å². The SMILES string of the molecule is Cc1cnc(C(C)NC(=O)c2cc(Cl)cc(Br)c2)o1. The number of halogens is 2. The van der Waals surface area contributed by atoms with Crippen LogP contribution in [0.3, 0.4) is 0 Å². The third-order valence-corrected chi connectivity index (χ3v) is 3.16. The Hall–Kier alpha value is -1.33. The van der Waals surface area contributed by atoms with Crippen molar-refractivity contribution in [2.75, 3.05) is 0 Å². The van der Waals surface area contributed by atoms with Crippen LogP contribution in [0.4, 0.5) is 0 Å². The summed E-state index contributed by atoms with van der Waals surface area (Å²) in [5.41, 5.74) is 0.481. The fourth-order valence-electron chi connectivity index (χ4n) is 1.60. The molecule has 0 saturated carbocycles. The van der Waals surface area contributed by atoms with Gasteiger partial charge in [0, 0.05) is 15.1 Å². The summed E-state index contributed by atoms with van der Waals surface area (Å²) < 4.78 is 6.12. The molecule has 4 nitrogen and oxygen atoms in total. The molecular weight excluding hydrogens is 332 g/mol. The number of benzene rings is 1. The minimum Gasteiger partial charge on any atom is -0.444 e. The van der Waals surface area contributed by atoms with Gasteiger partial charge in [-0.3, -0.25) is 4.79 Å². The molecule has 0 saturated heterocycles. The highest BCUT2D eigenvalue weighted by atomic mass is 79.9. The number of nitrogens with zero attached hydrogens (tertiary/aromatic N) is 1. The van der Waals surface area contributed by atoms with Crippen molar-refractivity contribution in [3.8, 4) is 0 Å². The summed E-state index contributed by atoms with van der Waals surface area (Å²) in [5.74, 6) is 0.958. The van der Waals surface area contributed by atoms with Crippen molar-refractivity contribution < 1.29 is 9.21 Å². The van der Waals surface area contributed by atoms with E-state index in [2.05, 4.69) is 26.2 Å². The number of aryl methyl sites for hydroxylation is 1. The minimum atomic E-state index is -0.307. The first kappa shape index (κ1) is 14.1. The fraction of sp³-hybridized carbons (Fsp3) is 0.231. The van der Waals surface area contributed by atoms with E-state index < -0.39 is 0 Å². The molecule has 1 aromatic carbocycles. The molecule has 1 atom stereocenters. The van der Waals surface area contributed by atoms with E-state index >= 15 is 0 Å². The maximum Gasteiger partial charge on any atom is 0.252 e. The number of carbonyl (C=O) groups excluding carboxylic acids is 1. The van der Waals surface area contributed by atoms with Crippen LogP contribution in [0.5, 0.6) is 0 Å². The Morgan fingerprint density at radius 2 is 2.21 bits per heavy atom. The second-order valence-electron chi connectivity index (χ2n) is 4.16. The summed E-state index contributed by atoms with van der Waals surface area (Å²) in [6, 6.07) is 4.72. The lowest BCUT2D eigenvalue weighted by molar-refractivity contribution is 0.0934. The number of hydrogen-bond acceptors (Lipinski definition) is 3. The summed E-state index contributed by atoms with van der Waals surface area (Å²) in [4.78, 5) is 16.2. The minimum absolute atomic E-state index is 0.230. The monoisotopic (exact) mass is 342 g/mol. The van der Waals surface area contributed by atoms with Crippen molar-refractivity contribution in [3.63, 3.8) is 0 Å². The van der Waals surface area contributed by atoms with E-state index in [-0.39, 0.29) is 11.9 Å². The van der Waals surface area contributed by atoms with Gasteiger partial charge in [-0.05, 0) is 32.0 Å². The van der Waals surface area contributed by atoms with Crippen LogP contribution in [0.25, 0.3) is 0 Å². The lowest BCUT2D eigenvalue weighted by Gasteiger charge is -2.11. The zero-order valence-corrected chi connectivity index (χ0v) is 12.7. The van der Waals surface area contributed by atoms with E-state index in [0.29, 0.717) is 22.2 Å². The average molecular weight is 344 g/mol. The number of hydrogen-bond donors (Lipinski definition) is 1. The Labute approximate surface area is 124 Å². The van der Waals surface area contributed by atoms with Gasteiger partial charge in [0.2, 0.25) is 5.89 Å². The molecule has 1 unspecified atom stereocenters. The molecule has 0 bridgehead atoms. The van der Waals surface area contributed by atoms with Crippen LogP contribution in [0.2, 0.25) is 5.02 Å². The second kappa shape index (κ2) is 5.75. The molecule has 0 radical (unpaired) electrons. The van der Waals surface area contributed by atoms with E-state index in [1.807, 2.05) is 6.92 Å². The number of rotatable bonds is 3. The molecule has 1 aromatic heterocycles. The van der Waals surface area contributed by atoms with Crippen molar-refractivity contribution in [1.82, 2.24) is 10.3 Å². The molecule has 6 heteroatoms. The molecule has 1 amide bonds. The molecule has 2 rings (SSSR count). The lowest BCUT2D eigenvalue weighted by atomic mass is 10.2. The van der Waals surface area contributed by atoms with Gasteiger partial charge in [0.25, 0.3) is 5.91 Å². The molecule has 0 aliphatic heterocycles. The van der Waals surface area contributed by atoms with Crippen LogP contribution < -0.4 is 5.32 Å². The van der Waals surface area contributed by atoms with Gasteiger partial charge >= 0.3 is 0 Å². The summed E-state index contributed by atoms with van der Waals surface area (Å²) >= 11 is 9.21.